The van der Waals surface area contributed by atoms with Crippen LogP contribution >= 0.6 is 12.4 Å². The van der Waals surface area contributed by atoms with E-state index in [1.54, 1.807) is 6.07 Å². The predicted octanol–water partition coefficient (Wildman–Crippen LogP) is 3.29. The second-order valence-electron chi connectivity index (χ2n) is 6.44. The van der Waals surface area contributed by atoms with Crippen molar-refractivity contribution in [2.75, 3.05) is 32.8 Å². The molecule has 1 aromatic rings. The molecule has 1 aromatic carbocycles. The number of ether oxygens (including phenoxy) is 2. The minimum atomic E-state index is -2.85. The lowest BCUT2D eigenvalue weighted by atomic mass is 9.86. The van der Waals surface area contributed by atoms with Crippen molar-refractivity contribution in [1.29, 1.82) is 0 Å². The summed E-state index contributed by atoms with van der Waals surface area (Å²) in [4.78, 5) is 2.33. The quantitative estimate of drug-likeness (QED) is 0.842. The Kier molecular flexibility index (Phi) is 6.66. The molecule has 3 rings (SSSR count). The van der Waals surface area contributed by atoms with Crippen LogP contribution in [-0.2, 0) is 6.54 Å². The number of hydrogen-bond acceptors (Lipinski definition) is 4. The zero-order chi connectivity index (χ0) is 16.3. The Morgan fingerprint density at radius 3 is 2.83 bits per heavy atom. The van der Waals surface area contributed by atoms with E-state index < -0.39 is 6.61 Å². The average Bonchev–Trinajstić information content (AvgIpc) is 3.13. The van der Waals surface area contributed by atoms with E-state index in [2.05, 4.69) is 10.2 Å². The number of nitrogens with one attached hydrogen (secondary N) is 1. The molecule has 0 amide bonds. The van der Waals surface area contributed by atoms with Gasteiger partial charge in [-0.1, -0.05) is 12.1 Å². The lowest BCUT2D eigenvalue weighted by Crippen LogP contribution is -2.29. The van der Waals surface area contributed by atoms with Gasteiger partial charge in [0.2, 0.25) is 0 Å². The normalized spacial score (nSPS) is 23.7. The number of nitrogens with zero attached hydrogens (tertiary/aromatic N) is 1. The first kappa shape index (κ1) is 19.2. The van der Waals surface area contributed by atoms with Crippen LogP contribution in [0, 0.1) is 5.41 Å². The van der Waals surface area contributed by atoms with Gasteiger partial charge in [0.1, 0.15) is 0 Å². The first-order valence-corrected chi connectivity index (χ1v) is 8.24. The molecule has 0 aliphatic carbocycles. The number of para-hydroxylation sites is 1. The monoisotopic (exact) mass is 362 g/mol. The highest BCUT2D eigenvalue weighted by atomic mass is 35.5. The minimum absolute atomic E-state index is 0. The number of halogens is 3. The van der Waals surface area contributed by atoms with Gasteiger partial charge in [-0.25, -0.2) is 0 Å². The predicted molar refractivity (Wildman–Crippen MR) is 91.3 cm³/mol. The maximum absolute atomic E-state index is 12.8. The van der Waals surface area contributed by atoms with Crippen molar-refractivity contribution in [3.63, 3.8) is 0 Å². The molecule has 7 heteroatoms. The molecular formula is C17H25ClF2N2O2. The van der Waals surface area contributed by atoms with Crippen molar-refractivity contribution in [2.45, 2.75) is 32.9 Å². The van der Waals surface area contributed by atoms with Crippen molar-refractivity contribution in [3.8, 4) is 11.5 Å². The van der Waals surface area contributed by atoms with E-state index in [0.717, 1.165) is 38.2 Å². The zero-order valence-corrected chi connectivity index (χ0v) is 14.7. The number of hydrogen-bond donors (Lipinski definition) is 1. The molecule has 1 spiro atoms. The van der Waals surface area contributed by atoms with E-state index in [1.165, 1.54) is 6.42 Å². The van der Waals surface area contributed by atoms with Crippen LogP contribution in [0.5, 0.6) is 11.5 Å². The third kappa shape index (κ3) is 4.29. The Balaban J connectivity index is 0.00000208. The third-order valence-corrected chi connectivity index (χ3v) is 4.81. The topological polar surface area (TPSA) is 33.7 Å². The maximum atomic E-state index is 12.8. The largest absolute Gasteiger partial charge is 0.490 e. The van der Waals surface area contributed by atoms with Crippen LogP contribution < -0.4 is 14.8 Å². The molecule has 0 aromatic heterocycles. The molecule has 0 bridgehead atoms. The Labute approximate surface area is 147 Å². The second-order valence-corrected chi connectivity index (χ2v) is 6.44. The van der Waals surface area contributed by atoms with Crippen LogP contribution in [0.2, 0.25) is 0 Å². The van der Waals surface area contributed by atoms with Crippen LogP contribution in [0.3, 0.4) is 0 Å². The van der Waals surface area contributed by atoms with Crippen LogP contribution in [-0.4, -0.2) is 44.3 Å². The molecule has 24 heavy (non-hydrogen) atoms. The molecule has 4 nitrogen and oxygen atoms in total. The van der Waals surface area contributed by atoms with E-state index in [0.29, 0.717) is 24.3 Å². The molecule has 0 saturated carbocycles. The number of likely N-dealkylation sites (tertiary alicyclic amines) is 1. The van der Waals surface area contributed by atoms with Gasteiger partial charge in [0.25, 0.3) is 0 Å². The molecular weight excluding hydrogens is 338 g/mol. The van der Waals surface area contributed by atoms with Gasteiger partial charge in [-0.15, -0.1) is 12.4 Å². The molecule has 1 unspecified atom stereocenters. The lowest BCUT2D eigenvalue weighted by Gasteiger charge is -2.24. The fourth-order valence-electron chi connectivity index (χ4n) is 3.73. The summed E-state index contributed by atoms with van der Waals surface area (Å²) in [6.07, 6.45) is 2.36. The van der Waals surface area contributed by atoms with Gasteiger partial charge in [-0.2, -0.15) is 8.78 Å². The molecule has 136 valence electrons. The Bertz CT molecular complexity index is 539. The second kappa shape index (κ2) is 8.32. The summed E-state index contributed by atoms with van der Waals surface area (Å²) in [5, 5.41) is 3.43. The highest BCUT2D eigenvalue weighted by molar-refractivity contribution is 5.85. The fraction of sp³-hybridized carbons (Fsp3) is 0.647. The van der Waals surface area contributed by atoms with E-state index in [-0.39, 0.29) is 18.2 Å². The summed E-state index contributed by atoms with van der Waals surface area (Å²) in [6, 6.07) is 5.36. The number of rotatable bonds is 6. The van der Waals surface area contributed by atoms with E-state index >= 15 is 0 Å². The summed E-state index contributed by atoms with van der Waals surface area (Å²) in [6.45, 7) is 4.15. The van der Waals surface area contributed by atoms with Gasteiger partial charge in [0.15, 0.2) is 11.5 Å². The van der Waals surface area contributed by atoms with Crippen molar-refractivity contribution in [2.24, 2.45) is 5.41 Å². The van der Waals surface area contributed by atoms with Crippen molar-refractivity contribution < 1.29 is 18.3 Å². The van der Waals surface area contributed by atoms with Gasteiger partial charge >= 0.3 is 6.61 Å². The number of benzene rings is 1. The smallest absolute Gasteiger partial charge is 0.387 e. The van der Waals surface area contributed by atoms with Crippen molar-refractivity contribution in [1.82, 2.24) is 10.2 Å². The summed E-state index contributed by atoms with van der Waals surface area (Å²) in [5.41, 5.74) is 1.13. The van der Waals surface area contributed by atoms with E-state index in [1.807, 2.05) is 19.1 Å². The molecule has 0 radical (unpaired) electrons. The molecule has 2 aliphatic rings. The summed E-state index contributed by atoms with van der Waals surface area (Å²) in [7, 11) is 0. The lowest BCUT2D eigenvalue weighted by molar-refractivity contribution is -0.0523. The van der Waals surface area contributed by atoms with Crippen LogP contribution in [0.15, 0.2) is 18.2 Å². The van der Waals surface area contributed by atoms with Crippen molar-refractivity contribution in [3.05, 3.63) is 23.8 Å². The standard InChI is InChI=1S/C17H24F2N2O2.ClH/c1-2-22-14-5-3-4-13(15(14)23-16(18)19)10-21-9-7-17(12-21)6-8-20-11-17;/h3-5,16,20H,2,6-12H2,1H3;1H. The first-order valence-electron chi connectivity index (χ1n) is 8.24. The molecule has 2 fully saturated rings. The van der Waals surface area contributed by atoms with Gasteiger partial charge < -0.3 is 14.8 Å². The van der Waals surface area contributed by atoms with Gasteiger partial charge in [0, 0.05) is 25.2 Å². The Morgan fingerprint density at radius 1 is 1.33 bits per heavy atom. The highest BCUT2D eigenvalue weighted by Gasteiger charge is 2.40. The van der Waals surface area contributed by atoms with E-state index in [4.69, 9.17) is 9.47 Å². The van der Waals surface area contributed by atoms with Crippen LogP contribution in [0.4, 0.5) is 8.78 Å². The van der Waals surface area contributed by atoms with Crippen LogP contribution in [0.25, 0.3) is 0 Å². The maximum Gasteiger partial charge on any atom is 0.387 e. The fourth-order valence-corrected chi connectivity index (χ4v) is 3.73. The van der Waals surface area contributed by atoms with Gasteiger partial charge in [0.05, 0.1) is 6.61 Å². The Morgan fingerprint density at radius 2 is 2.17 bits per heavy atom. The molecule has 1 N–H and O–H groups in total. The first-order chi connectivity index (χ1) is 11.1. The average molecular weight is 363 g/mol. The van der Waals surface area contributed by atoms with E-state index in [9.17, 15) is 8.78 Å². The summed E-state index contributed by atoms with van der Waals surface area (Å²) >= 11 is 0. The zero-order valence-electron chi connectivity index (χ0n) is 13.9. The van der Waals surface area contributed by atoms with Gasteiger partial charge in [-0.05, 0) is 44.3 Å². The summed E-state index contributed by atoms with van der Waals surface area (Å²) in [5.74, 6) is 0.566. The third-order valence-electron chi connectivity index (χ3n) is 4.81. The number of alkyl halides is 2. The molecule has 2 heterocycles. The minimum Gasteiger partial charge on any atom is -0.490 e. The van der Waals surface area contributed by atoms with Crippen LogP contribution in [0.1, 0.15) is 25.3 Å². The molecule has 2 aliphatic heterocycles. The highest BCUT2D eigenvalue weighted by Crippen LogP contribution is 2.39. The van der Waals surface area contributed by atoms with Crippen molar-refractivity contribution >= 4 is 12.4 Å². The molecule has 1 atom stereocenters. The molecule has 2 saturated heterocycles. The SMILES string of the molecule is CCOc1cccc(CN2CCC3(CCNC3)C2)c1OC(F)F.Cl. The Hall–Kier alpha value is -1.11. The summed E-state index contributed by atoms with van der Waals surface area (Å²) < 4.78 is 35.8. The van der Waals surface area contributed by atoms with Gasteiger partial charge in [-0.3, -0.25) is 4.90 Å².